The molecular weight excluding hydrogens is 266 g/mol. The van der Waals surface area contributed by atoms with Crippen LogP contribution in [-0.2, 0) is 11.3 Å². The minimum Gasteiger partial charge on any atom is -0.452 e. The van der Waals surface area contributed by atoms with E-state index in [4.69, 9.17) is 9.26 Å². The van der Waals surface area contributed by atoms with Gasteiger partial charge in [-0.1, -0.05) is 17.3 Å². The van der Waals surface area contributed by atoms with E-state index in [1.165, 1.54) is 12.1 Å². The number of nitro groups is 1. The van der Waals surface area contributed by atoms with Gasteiger partial charge in [-0.05, 0) is 19.4 Å². The first-order valence-electron chi connectivity index (χ1n) is 5.69. The van der Waals surface area contributed by atoms with Crippen LogP contribution in [0.5, 0.6) is 0 Å². The molecule has 2 aromatic rings. The van der Waals surface area contributed by atoms with Gasteiger partial charge in [0.2, 0.25) is 0 Å². The third kappa shape index (κ3) is 2.79. The fourth-order valence-electron chi connectivity index (χ4n) is 1.67. The minimum atomic E-state index is -0.800. The lowest BCUT2D eigenvalue weighted by Gasteiger charge is -2.05. The highest BCUT2D eigenvalue weighted by Crippen LogP contribution is 2.23. The molecule has 0 atom stereocenters. The van der Waals surface area contributed by atoms with Gasteiger partial charge < -0.3 is 9.26 Å². The molecule has 8 nitrogen and oxygen atoms in total. The smallest absolute Gasteiger partial charge is 0.345 e. The summed E-state index contributed by atoms with van der Waals surface area (Å²) in [4.78, 5) is 26.1. The topological polar surface area (TPSA) is 108 Å². The zero-order chi connectivity index (χ0) is 14.7. The van der Waals surface area contributed by atoms with E-state index in [1.807, 2.05) is 0 Å². The van der Waals surface area contributed by atoms with Crippen LogP contribution in [0.2, 0.25) is 0 Å². The number of aromatic nitrogens is 2. The van der Waals surface area contributed by atoms with Crippen LogP contribution >= 0.6 is 0 Å². The maximum Gasteiger partial charge on any atom is 0.345 e. The molecule has 0 aliphatic heterocycles. The van der Waals surface area contributed by atoms with E-state index in [-0.39, 0.29) is 23.7 Å². The SMILES string of the molecule is Cc1noc(COC(=O)c2c(C)cccc2[N+](=O)[O-])n1. The number of nitrogens with zero attached hydrogens (tertiary/aromatic N) is 3. The summed E-state index contributed by atoms with van der Waals surface area (Å²) in [7, 11) is 0. The summed E-state index contributed by atoms with van der Waals surface area (Å²) in [5, 5.41) is 14.5. The van der Waals surface area contributed by atoms with Crippen LogP contribution in [0.15, 0.2) is 22.7 Å². The summed E-state index contributed by atoms with van der Waals surface area (Å²) < 4.78 is 9.75. The number of esters is 1. The van der Waals surface area contributed by atoms with E-state index in [2.05, 4.69) is 10.1 Å². The summed E-state index contributed by atoms with van der Waals surface area (Å²) in [6.45, 7) is 2.99. The Morgan fingerprint density at radius 2 is 2.20 bits per heavy atom. The molecule has 2 rings (SSSR count). The number of hydrogen-bond donors (Lipinski definition) is 0. The van der Waals surface area contributed by atoms with Gasteiger partial charge >= 0.3 is 5.97 Å². The van der Waals surface area contributed by atoms with Gasteiger partial charge in [0.05, 0.1) is 4.92 Å². The van der Waals surface area contributed by atoms with Crippen molar-refractivity contribution >= 4 is 11.7 Å². The van der Waals surface area contributed by atoms with Gasteiger partial charge in [0.1, 0.15) is 5.56 Å². The minimum absolute atomic E-state index is 0.0752. The van der Waals surface area contributed by atoms with E-state index >= 15 is 0 Å². The Hall–Kier alpha value is -2.77. The largest absolute Gasteiger partial charge is 0.452 e. The average Bonchev–Trinajstić information content (AvgIpc) is 2.81. The Balaban J connectivity index is 2.19. The first-order chi connectivity index (χ1) is 9.49. The van der Waals surface area contributed by atoms with E-state index < -0.39 is 10.9 Å². The van der Waals surface area contributed by atoms with Crippen LogP contribution in [0.3, 0.4) is 0 Å². The predicted octanol–water partition coefficient (Wildman–Crippen LogP) is 1.95. The van der Waals surface area contributed by atoms with Crippen molar-refractivity contribution in [2.75, 3.05) is 0 Å². The molecule has 0 fully saturated rings. The van der Waals surface area contributed by atoms with Crippen molar-refractivity contribution in [3.8, 4) is 0 Å². The molecule has 0 aliphatic rings. The number of carbonyl (C=O) groups excluding carboxylic acids is 1. The predicted molar refractivity (Wildman–Crippen MR) is 66.0 cm³/mol. The van der Waals surface area contributed by atoms with Crippen LogP contribution in [0.25, 0.3) is 0 Å². The summed E-state index contributed by atoms with van der Waals surface area (Å²) in [6, 6.07) is 4.35. The van der Waals surface area contributed by atoms with Crippen LogP contribution in [0, 0.1) is 24.0 Å². The second-order valence-corrected chi connectivity index (χ2v) is 4.04. The summed E-state index contributed by atoms with van der Waals surface area (Å²) in [5.41, 5.74) is 0.0938. The molecule has 1 heterocycles. The van der Waals surface area contributed by atoms with Crippen molar-refractivity contribution in [1.29, 1.82) is 0 Å². The number of nitro benzene ring substituents is 1. The van der Waals surface area contributed by atoms with Crippen LogP contribution in [-0.4, -0.2) is 21.0 Å². The lowest BCUT2D eigenvalue weighted by Crippen LogP contribution is -2.10. The molecule has 1 aromatic heterocycles. The van der Waals surface area contributed by atoms with E-state index in [1.54, 1.807) is 19.9 Å². The number of carbonyl (C=O) groups is 1. The zero-order valence-corrected chi connectivity index (χ0v) is 10.8. The van der Waals surface area contributed by atoms with Crippen molar-refractivity contribution in [3.63, 3.8) is 0 Å². The molecule has 0 saturated heterocycles. The average molecular weight is 277 g/mol. The van der Waals surface area contributed by atoms with E-state index in [0.717, 1.165) is 0 Å². The second-order valence-electron chi connectivity index (χ2n) is 4.04. The Morgan fingerprint density at radius 3 is 2.80 bits per heavy atom. The standard InChI is InChI=1S/C12H11N3O5/c1-7-4-3-5-9(15(17)18)11(7)12(16)19-6-10-13-8(2)14-20-10/h3-5H,6H2,1-2H3. The normalized spacial score (nSPS) is 10.3. The molecule has 0 N–H and O–H groups in total. The van der Waals surface area contributed by atoms with Crippen molar-refractivity contribution in [2.24, 2.45) is 0 Å². The molecule has 0 unspecified atom stereocenters. The Morgan fingerprint density at radius 1 is 1.45 bits per heavy atom. The third-order valence-electron chi connectivity index (χ3n) is 2.55. The lowest BCUT2D eigenvalue weighted by atomic mass is 10.1. The molecular formula is C12H11N3O5. The van der Waals surface area contributed by atoms with Gasteiger partial charge in [-0.25, -0.2) is 4.79 Å². The van der Waals surface area contributed by atoms with Crippen molar-refractivity contribution in [1.82, 2.24) is 10.1 Å². The summed E-state index contributed by atoms with van der Waals surface area (Å²) in [6.07, 6.45) is 0. The number of ether oxygens (including phenoxy) is 1. The molecule has 0 aliphatic carbocycles. The highest BCUT2D eigenvalue weighted by Gasteiger charge is 2.24. The molecule has 0 bridgehead atoms. The molecule has 0 amide bonds. The molecule has 8 heteroatoms. The Labute approximate surface area is 113 Å². The Bertz CT molecular complexity index is 665. The number of rotatable bonds is 4. The van der Waals surface area contributed by atoms with Crippen LogP contribution in [0.1, 0.15) is 27.6 Å². The highest BCUT2D eigenvalue weighted by molar-refractivity contribution is 5.95. The first-order valence-corrected chi connectivity index (χ1v) is 5.69. The maximum absolute atomic E-state index is 12.0. The van der Waals surface area contributed by atoms with E-state index in [0.29, 0.717) is 11.4 Å². The quantitative estimate of drug-likeness (QED) is 0.477. The fourth-order valence-corrected chi connectivity index (χ4v) is 1.67. The lowest BCUT2D eigenvalue weighted by molar-refractivity contribution is -0.385. The van der Waals surface area contributed by atoms with Crippen molar-refractivity contribution in [3.05, 3.63) is 51.2 Å². The van der Waals surface area contributed by atoms with Crippen LogP contribution in [0.4, 0.5) is 5.69 Å². The maximum atomic E-state index is 12.0. The molecule has 0 spiro atoms. The fraction of sp³-hybridized carbons (Fsp3) is 0.250. The van der Waals surface area contributed by atoms with Crippen LogP contribution < -0.4 is 0 Å². The van der Waals surface area contributed by atoms with Gasteiger partial charge in [-0.3, -0.25) is 10.1 Å². The summed E-state index contributed by atoms with van der Waals surface area (Å²) >= 11 is 0. The van der Waals surface area contributed by atoms with Gasteiger partial charge in [0, 0.05) is 6.07 Å². The molecule has 0 radical (unpaired) electrons. The molecule has 1 aromatic carbocycles. The first kappa shape index (κ1) is 13.7. The van der Waals surface area contributed by atoms with Crippen molar-refractivity contribution < 1.29 is 19.0 Å². The van der Waals surface area contributed by atoms with Gasteiger partial charge in [0.25, 0.3) is 11.6 Å². The van der Waals surface area contributed by atoms with E-state index in [9.17, 15) is 14.9 Å². The zero-order valence-electron chi connectivity index (χ0n) is 10.8. The molecule has 0 saturated carbocycles. The second kappa shape index (κ2) is 5.47. The number of benzene rings is 1. The van der Waals surface area contributed by atoms with Gasteiger partial charge in [-0.2, -0.15) is 4.98 Å². The number of aryl methyl sites for hydroxylation is 2. The highest BCUT2D eigenvalue weighted by atomic mass is 16.6. The van der Waals surface area contributed by atoms with Gasteiger partial charge in [0.15, 0.2) is 12.4 Å². The van der Waals surface area contributed by atoms with Crippen molar-refractivity contribution in [2.45, 2.75) is 20.5 Å². The van der Waals surface area contributed by atoms with Gasteiger partial charge in [-0.15, -0.1) is 0 Å². The summed E-state index contributed by atoms with van der Waals surface area (Å²) in [5.74, 6) is -0.254. The monoisotopic (exact) mass is 277 g/mol. The third-order valence-corrected chi connectivity index (χ3v) is 2.55. The molecule has 104 valence electrons. The number of hydrogen-bond acceptors (Lipinski definition) is 7. The Kier molecular flexibility index (Phi) is 3.74. The molecule has 20 heavy (non-hydrogen) atoms.